The van der Waals surface area contributed by atoms with Gasteiger partial charge in [0.05, 0.1) is 12.5 Å². The average molecular weight is 290 g/mol. The second-order valence-corrected chi connectivity index (χ2v) is 4.91. The number of carboxylic acids is 1. The van der Waals surface area contributed by atoms with Crippen molar-refractivity contribution in [2.75, 3.05) is 33.4 Å². The number of aliphatic carboxylic acids is 1. The van der Waals surface area contributed by atoms with Crippen molar-refractivity contribution < 1.29 is 24.2 Å². The summed E-state index contributed by atoms with van der Waals surface area (Å²) in [5, 5.41) is 13.9. The van der Waals surface area contributed by atoms with Crippen LogP contribution in [0.1, 0.15) is 26.7 Å². The van der Waals surface area contributed by atoms with Gasteiger partial charge in [0.25, 0.3) is 0 Å². The zero-order valence-electron chi connectivity index (χ0n) is 12.5. The lowest BCUT2D eigenvalue weighted by Gasteiger charge is -2.14. The minimum Gasteiger partial charge on any atom is -0.481 e. The number of carbonyl (C=O) groups is 2. The van der Waals surface area contributed by atoms with Gasteiger partial charge in [0, 0.05) is 33.4 Å². The average Bonchev–Trinajstić information content (AvgIpc) is 2.37. The molecule has 0 aliphatic carbocycles. The Bertz CT molecular complexity index is 284. The van der Waals surface area contributed by atoms with E-state index >= 15 is 0 Å². The molecule has 118 valence electrons. The molecule has 0 saturated heterocycles. The molecule has 7 heteroatoms. The molecular formula is C13H26N2O5. The van der Waals surface area contributed by atoms with Crippen molar-refractivity contribution in [3.8, 4) is 0 Å². The van der Waals surface area contributed by atoms with E-state index in [2.05, 4.69) is 24.5 Å². The minimum atomic E-state index is -0.957. The van der Waals surface area contributed by atoms with Crippen molar-refractivity contribution in [1.29, 1.82) is 0 Å². The van der Waals surface area contributed by atoms with E-state index < -0.39 is 12.1 Å². The summed E-state index contributed by atoms with van der Waals surface area (Å²) < 4.78 is 10.3. The van der Waals surface area contributed by atoms with Crippen molar-refractivity contribution in [3.63, 3.8) is 0 Å². The fourth-order valence-corrected chi connectivity index (χ4v) is 1.40. The van der Waals surface area contributed by atoms with Gasteiger partial charge in [-0.15, -0.1) is 0 Å². The van der Waals surface area contributed by atoms with E-state index in [1.54, 1.807) is 0 Å². The van der Waals surface area contributed by atoms with E-state index in [1.807, 2.05) is 0 Å². The van der Waals surface area contributed by atoms with Crippen LogP contribution >= 0.6 is 0 Å². The summed E-state index contributed by atoms with van der Waals surface area (Å²) >= 11 is 0. The van der Waals surface area contributed by atoms with E-state index in [4.69, 9.17) is 14.6 Å². The van der Waals surface area contributed by atoms with Gasteiger partial charge in [-0.3, -0.25) is 4.79 Å². The lowest BCUT2D eigenvalue weighted by atomic mass is 10.2. The van der Waals surface area contributed by atoms with Gasteiger partial charge >= 0.3 is 12.0 Å². The molecule has 0 aromatic rings. The van der Waals surface area contributed by atoms with Gasteiger partial charge in [-0.2, -0.15) is 0 Å². The fourth-order valence-electron chi connectivity index (χ4n) is 1.40. The molecule has 1 unspecified atom stereocenters. The van der Waals surface area contributed by atoms with E-state index in [0.717, 1.165) is 13.0 Å². The van der Waals surface area contributed by atoms with Crippen LogP contribution in [0.5, 0.6) is 0 Å². The molecule has 7 nitrogen and oxygen atoms in total. The smallest absolute Gasteiger partial charge is 0.314 e. The first kappa shape index (κ1) is 18.7. The van der Waals surface area contributed by atoms with Crippen LogP contribution in [-0.4, -0.2) is 56.6 Å². The highest BCUT2D eigenvalue weighted by Crippen LogP contribution is 1.95. The first-order valence-electron chi connectivity index (χ1n) is 6.79. The van der Waals surface area contributed by atoms with E-state index in [0.29, 0.717) is 19.1 Å². The number of methoxy groups -OCH3 is 1. The van der Waals surface area contributed by atoms with Crippen LogP contribution in [0.25, 0.3) is 0 Å². The van der Waals surface area contributed by atoms with Gasteiger partial charge in [-0.1, -0.05) is 13.8 Å². The molecule has 0 fully saturated rings. The minimum absolute atomic E-state index is 0.139. The summed E-state index contributed by atoms with van der Waals surface area (Å²) in [6.45, 7) is 6.16. The first-order valence-corrected chi connectivity index (χ1v) is 6.79. The molecular weight excluding hydrogens is 264 g/mol. The summed E-state index contributed by atoms with van der Waals surface area (Å²) in [5.41, 5.74) is 0. The summed E-state index contributed by atoms with van der Waals surface area (Å²) in [6, 6.07) is -0.332. The Morgan fingerprint density at radius 3 is 2.50 bits per heavy atom. The molecule has 1 atom stereocenters. The zero-order valence-corrected chi connectivity index (χ0v) is 12.5. The molecule has 0 radical (unpaired) electrons. The number of amides is 2. The number of urea groups is 1. The molecule has 0 aromatic carbocycles. The predicted molar refractivity (Wildman–Crippen MR) is 74.7 cm³/mol. The molecule has 20 heavy (non-hydrogen) atoms. The summed E-state index contributed by atoms with van der Waals surface area (Å²) in [7, 11) is 1.42. The maximum atomic E-state index is 11.4. The molecule has 0 aliphatic heterocycles. The number of carboxylic acid groups (broad SMARTS) is 1. The van der Waals surface area contributed by atoms with Crippen LogP contribution in [0.2, 0.25) is 0 Å². The van der Waals surface area contributed by atoms with Gasteiger partial charge < -0.3 is 25.2 Å². The summed E-state index contributed by atoms with van der Waals surface area (Å²) in [4.78, 5) is 21.9. The highest BCUT2D eigenvalue weighted by molar-refractivity contribution is 5.74. The van der Waals surface area contributed by atoms with Gasteiger partial charge in [0.15, 0.2) is 0 Å². The Labute approximate surface area is 120 Å². The van der Waals surface area contributed by atoms with Crippen LogP contribution in [-0.2, 0) is 14.3 Å². The Balaban J connectivity index is 3.55. The second kappa shape index (κ2) is 11.5. The molecule has 0 heterocycles. The first-order chi connectivity index (χ1) is 9.45. The quantitative estimate of drug-likeness (QED) is 0.490. The number of ether oxygens (including phenoxy) is 2. The number of nitrogens with one attached hydrogen (secondary N) is 2. The number of rotatable bonds is 11. The van der Waals surface area contributed by atoms with Crippen molar-refractivity contribution in [2.45, 2.75) is 32.8 Å². The highest BCUT2D eigenvalue weighted by atomic mass is 16.5. The zero-order chi connectivity index (χ0) is 15.4. The molecule has 0 saturated carbocycles. The standard InChI is InChI=1S/C13H26N2O5/c1-10(2)9-20-6-4-5-14-13(18)15-8-11(19-3)7-12(16)17/h10-11H,4-9H2,1-3H3,(H,16,17)(H2,14,15,18). The predicted octanol–water partition coefficient (Wildman–Crippen LogP) is 0.838. The fraction of sp³-hybridized carbons (Fsp3) is 0.846. The van der Waals surface area contributed by atoms with E-state index in [-0.39, 0.29) is 19.0 Å². The largest absolute Gasteiger partial charge is 0.481 e. The molecule has 0 rings (SSSR count). The Morgan fingerprint density at radius 1 is 1.25 bits per heavy atom. The highest BCUT2D eigenvalue weighted by Gasteiger charge is 2.13. The van der Waals surface area contributed by atoms with Crippen LogP contribution in [0.15, 0.2) is 0 Å². The third-order valence-corrected chi connectivity index (χ3v) is 2.43. The summed E-state index contributed by atoms with van der Waals surface area (Å²) in [6.07, 6.45) is 0.0793. The third kappa shape index (κ3) is 11.7. The Morgan fingerprint density at radius 2 is 1.95 bits per heavy atom. The molecule has 0 aromatic heterocycles. The normalized spacial score (nSPS) is 12.2. The van der Waals surface area contributed by atoms with E-state index in [1.165, 1.54) is 7.11 Å². The summed E-state index contributed by atoms with van der Waals surface area (Å²) in [5.74, 6) is -0.451. The molecule has 0 spiro atoms. The molecule has 3 N–H and O–H groups in total. The van der Waals surface area contributed by atoms with Crippen LogP contribution in [0.4, 0.5) is 4.79 Å². The number of hydrogen-bond acceptors (Lipinski definition) is 4. The second-order valence-electron chi connectivity index (χ2n) is 4.91. The van der Waals surface area contributed by atoms with E-state index in [9.17, 15) is 9.59 Å². The lowest BCUT2D eigenvalue weighted by Crippen LogP contribution is -2.41. The monoisotopic (exact) mass is 290 g/mol. The molecule has 2 amide bonds. The maximum absolute atomic E-state index is 11.4. The lowest BCUT2D eigenvalue weighted by molar-refractivity contribution is -0.139. The SMILES string of the molecule is COC(CNC(=O)NCCCOCC(C)C)CC(=O)O. The third-order valence-electron chi connectivity index (χ3n) is 2.43. The van der Waals surface area contributed by atoms with Crippen molar-refractivity contribution in [2.24, 2.45) is 5.92 Å². The van der Waals surface area contributed by atoms with Crippen molar-refractivity contribution in [1.82, 2.24) is 10.6 Å². The number of carbonyl (C=O) groups excluding carboxylic acids is 1. The van der Waals surface area contributed by atoms with Crippen molar-refractivity contribution >= 4 is 12.0 Å². The van der Waals surface area contributed by atoms with Gasteiger partial charge in [-0.25, -0.2) is 4.79 Å². The van der Waals surface area contributed by atoms with Crippen LogP contribution in [0, 0.1) is 5.92 Å². The van der Waals surface area contributed by atoms with Crippen LogP contribution < -0.4 is 10.6 Å². The molecule has 0 bridgehead atoms. The van der Waals surface area contributed by atoms with Gasteiger partial charge in [-0.05, 0) is 12.3 Å². The number of hydrogen-bond donors (Lipinski definition) is 3. The van der Waals surface area contributed by atoms with Gasteiger partial charge in [0.2, 0.25) is 0 Å². The molecule has 0 aliphatic rings. The van der Waals surface area contributed by atoms with Crippen LogP contribution in [0.3, 0.4) is 0 Å². The topological polar surface area (TPSA) is 96.9 Å². The Hall–Kier alpha value is -1.34. The van der Waals surface area contributed by atoms with Crippen molar-refractivity contribution in [3.05, 3.63) is 0 Å². The maximum Gasteiger partial charge on any atom is 0.314 e. The Kier molecular flexibility index (Phi) is 10.7. The van der Waals surface area contributed by atoms with Gasteiger partial charge in [0.1, 0.15) is 0 Å².